The maximum atomic E-state index is 8.82. The average Bonchev–Trinajstić information content (AvgIpc) is 3.01. The van der Waals surface area contributed by atoms with Gasteiger partial charge in [-0.15, -0.1) is 5.10 Å². The zero-order valence-corrected chi connectivity index (χ0v) is 9.30. The van der Waals surface area contributed by atoms with E-state index in [4.69, 9.17) is 14.7 Å². The SMILES string of the molecule is N#Cc1cnnc(N2CCC3(C2)OCCO3)c1. The van der Waals surface area contributed by atoms with Gasteiger partial charge in [0.05, 0.1) is 31.5 Å². The van der Waals surface area contributed by atoms with Gasteiger partial charge in [0.2, 0.25) is 0 Å². The molecule has 88 valence electrons. The number of hydrogen-bond acceptors (Lipinski definition) is 6. The van der Waals surface area contributed by atoms with Gasteiger partial charge >= 0.3 is 0 Å². The van der Waals surface area contributed by atoms with Crippen molar-refractivity contribution in [3.8, 4) is 6.07 Å². The van der Waals surface area contributed by atoms with Gasteiger partial charge in [0.1, 0.15) is 6.07 Å². The van der Waals surface area contributed by atoms with E-state index in [1.165, 1.54) is 6.20 Å². The lowest BCUT2D eigenvalue weighted by atomic mass is 10.2. The van der Waals surface area contributed by atoms with E-state index < -0.39 is 5.79 Å². The van der Waals surface area contributed by atoms with Crippen molar-refractivity contribution in [1.29, 1.82) is 5.26 Å². The third kappa shape index (κ3) is 1.84. The van der Waals surface area contributed by atoms with Crippen LogP contribution in [0.15, 0.2) is 12.3 Å². The molecule has 3 rings (SSSR count). The fourth-order valence-electron chi connectivity index (χ4n) is 2.25. The molecule has 1 spiro atoms. The van der Waals surface area contributed by atoms with Gasteiger partial charge in [-0.1, -0.05) is 0 Å². The lowest BCUT2D eigenvalue weighted by Gasteiger charge is -2.22. The molecular weight excluding hydrogens is 220 g/mol. The second-order valence-corrected chi connectivity index (χ2v) is 4.19. The van der Waals surface area contributed by atoms with E-state index in [1.807, 2.05) is 4.90 Å². The van der Waals surface area contributed by atoms with Crippen LogP contribution < -0.4 is 4.90 Å². The second-order valence-electron chi connectivity index (χ2n) is 4.19. The van der Waals surface area contributed by atoms with E-state index in [9.17, 15) is 0 Å². The quantitative estimate of drug-likeness (QED) is 0.693. The van der Waals surface area contributed by atoms with E-state index in [-0.39, 0.29) is 0 Å². The summed E-state index contributed by atoms with van der Waals surface area (Å²) < 4.78 is 11.3. The van der Waals surface area contributed by atoms with Gasteiger partial charge in [-0.2, -0.15) is 10.4 Å². The third-order valence-electron chi connectivity index (χ3n) is 3.10. The molecular formula is C11H12N4O2. The lowest BCUT2D eigenvalue weighted by molar-refractivity contribution is -0.137. The van der Waals surface area contributed by atoms with Gasteiger partial charge in [-0.3, -0.25) is 0 Å². The lowest BCUT2D eigenvalue weighted by Crippen LogP contribution is -2.34. The molecule has 0 aliphatic carbocycles. The predicted molar refractivity (Wildman–Crippen MR) is 58.2 cm³/mol. The molecule has 1 aromatic rings. The summed E-state index contributed by atoms with van der Waals surface area (Å²) in [6.45, 7) is 2.76. The van der Waals surface area contributed by atoms with Crippen LogP contribution in [0.25, 0.3) is 0 Å². The van der Waals surface area contributed by atoms with Crippen molar-refractivity contribution >= 4 is 5.82 Å². The molecule has 0 radical (unpaired) electrons. The molecule has 0 atom stereocenters. The van der Waals surface area contributed by atoms with Gasteiger partial charge in [0, 0.05) is 19.0 Å². The van der Waals surface area contributed by atoms with Crippen LogP contribution in [0.5, 0.6) is 0 Å². The highest BCUT2D eigenvalue weighted by Crippen LogP contribution is 2.32. The molecule has 0 aromatic carbocycles. The fraction of sp³-hybridized carbons (Fsp3) is 0.545. The number of nitrogens with zero attached hydrogens (tertiary/aromatic N) is 4. The molecule has 2 aliphatic rings. The minimum absolute atomic E-state index is 0.468. The van der Waals surface area contributed by atoms with Crippen molar-refractivity contribution in [2.24, 2.45) is 0 Å². The number of aromatic nitrogens is 2. The van der Waals surface area contributed by atoms with Crippen LogP contribution in [0.4, 0.5) is 5.82 Å². The zero-order chi connectivity index (χ0) is 11.7. The molecule has 17 heavy (non-hydrogen) atoms. The smallest absolute Gasteiger partial charge is 0.187 e. The first-order chi connectivity index (χ1) is 8.31. The Morgan fingerprint density at radius 2 is 2.24 bits per heavy atom. The first-order valence-electron chi connectivity index (χ1n) is 5.57. The summed E-state index contributed by atoms with van der Waals surface area (Å²) in [4.78, 5) is 2.04. The third-order valence-corrected chi connectivity index (χ3v) is 3.10. The van der Waals surface area contributed by atoms with E-state index in [0.29, 0.717) is 31.1 Å². The highest BCUT2D eigenvalue weighted by Gasteiger charge is 2.43. The van der Waals surface area contributed by atoms with Crippen molar-refractivity contribution in [3.05, 3.63) is 17.8 Å². The summed E-state index contributed by atoms with van der Waals surface area (Å²) in [6.07, 6.45) is 2.28. The van der Waals surface area contributed by atoms with Crippen LogP contribution in [0, 0.1) is 11.3 Å². The summed E-state index contributed by atoms with van der Waals surface area (Å²) >= 11 is 0. The first-order valence-corrected chi connectivity index (χ1v) is 5.57. The van der Waals surface area contributed by atoms with Crippen molar-refractivity contribution in [1.82, 2.24) is 10.2 Å². The van der Waals surface area contributed by atoms with Crippen LogP contribution in [0.2, 0.25) is 0 Å². The maximum absolute atomic E-state index is 8.82. The normalized spacial score (nSPS) is 21.9. The molecule has 2 aliphatic heterocycles. The first kappa shape index (κ1) is 10.4. The van der Waals surface area contributed by atoms with Crippen LogP contribution >= 0.6 is 0 Å². The molecule has 0 saturated carbocycles. The Hall–Kier alpha value is -1.71. The highest BCUT2D eigenvalue weighted by atomic mass is 16.7. The summed E-state index contributed by atoms with van der Waals surface area (Å²) in [5, 5.41) is 16.7. The van der Waals surface area contributed by atoms with Crippen LogP contribution in [0.3, 0.4) is 0 Å². The molecule has 0 amide bonds. The molecule has 0 N–H and O–H groups in total. The Morgan fingerprint density at radius 3 is 3.00 bits per heavy atom. The van der Waals surface area contributed by atoms with Crippen LogP contribution in [0.1, 0.15) is 12.0 Å². The Bertz CT molecular complexity index is 465. The molecule has 1 aromatic heterocycles. The van der Waals surface area contributed by atoms with Crippen molar-refractivity contribution in [3.63, 3.8) is 0 Å². The Morgan fingerprint density at radius 1 is 1.41 bits per heavy atom. The van der Waals surface area contributed by atoms with Gasteiger partial charge in [0.15, 0.2) is 11.6 Å². The Kier molecular flexibility index (Phi) is 2.42. The van der Waals surface area contributed by atoms with Crippen LogP contribution in [-0.2, 0) is 9.47 Å². The van der Waals surface area contributed by atoms with E-state index >= 15 is 0 Å². The largest absolute Gasteiger partial charge is 0.349 e. The fourth-order valence-corrected chi connectivity index (χ4v) is 2.25. The monoisotopic (exact) mass is 232 g/mol. The standard InChI is InChI=1S/C11H12N4O2/c12-6-9-5-10(14-13-7-9)15-2-1-11(8-15)16-3-4-17-11/h5,7H,1-4,8H2. The van der Waals surface area contributed by atoms with Gasteiger partial charge < -0.3 is 14.4 Å². The molecule has 2 fully saturated rings. The van der Waals surface area contributed by atoms with Crippen molar-refractivity contribution < 1.29 is 9.47 Å². The Labute approximate surface area is 98.8 Å². The van der Waals surface area contributed by atoms with E-state index in [0.717, 1.165) is 13.0 Å². The predicted octanol–water partition coefficient (Wildman–Crippen LogP) is 0.301. The molecule has 2 saturated heterocycles. The number of anilines is 1. The number of nitriles is 1. The minimum atomic E-state index is -0.468. The maximum Gasteiger partial charge on any atom is 0.187 e. The number of hydrogen-bond donors (Lipinski definition) is 0. The highest BCUT2D eigenvalue weighted by molar-refractivity contribution is 5.44. The molecule has 0 bridgehead atoms. The van der Waals surface area contributed by atoms with Crippen LogP contribution in [-0.4, -0.2) is 42.3 Å². The van der Waals surface area contributed by atoms with E-state index in [2.05, 4.69) is 16.3 Å². The number of ether oxygens (including phenoxy) is 2. The summed E-state index contributed by atoms with van der Waals surface area (Å²) in [7, 11) is 0. The molecule has 6 heteroatoms. The topological polar surface area (TPSA) is 71.3 Å². The van der Waals surface area contributed by atoms with Gasteiger partial charge in [-0.25, -0.2) is 0 Å². The molecule has 6 nitrogen and oxygen atoms in total. The van der Waals surface area contributed by atoms with Gasteiger partial charge in [-0.05, 0) is 0 Å². The summed E-state index contributed by atoms with van der Waals surface area (Å²) in [5.74, 6) is 0.240. The summed E-state index contributed by atoms with van der Waals surface area (Å²) in [6, 6.07) is 3.80. The van der Waals surface area contributed by atoms with Crippen molar-refractivity contribution in [2.75, 3.05) is 31.2 Å². The van der Waals surface area contributed by atoms with Crippen molar-refractivity contribution in [2.45, 2.75) is 12.2 Å². The van der Waals surface area contributed by atoms with E-state index in [1.54, 1.807) is 6.07 Å². The van der Waals surface area contributed by atoms with Gasteiger partial charge in [0.25, 0.3) is 0 Å². The second kappa shape index (κ2) is 3.95. The Balaban J connectivity index is 1.80. The minimum Gasteiger partial charge on any atom is -0.349 e. The average molecular weight is 232 g/mol. The summed E-state index contributed by atoms with van der Waals surface area (Å²) in [5.41, 5.74) is 0.518. The molecule has 3 heterocycles. The molecule has 0 unspecified atom stereocenters. The number of rotatable bonds is 1. The zero-order valence-electron chi connectivity index (χ0n) is 9.30.